The van der Waals surface area contributed by atoms with E-state index in [-0.39, 0.29) is 11.4 Å². The number of halogens is 3. The molecule has 1 fully saturated rings. The smallest absolute Gasteiger partial charge is 0.316 e. The van der Waals surface area contributed by atoms with Crippen molar-refractivity contribution < 1.29 is 13.2 Å². The largest absolute Gasteiger partial charge is 0.418 e. The van der Waals surface area contributed by atoms with Crippen LogP contribution in [0.3, 0.4) is 0 Å². The highest BCUT2D eigenvalue weighted by Crippen LogP contribution is 2.35. The number of hydrogen-bond acceptors (Lipinski definition) is 2. The van der Waals surface area contributed by atoms with Gasteiger partial charge >= 0.3 is 6.18 Å². The van der Waals surface area contributed by atoms with E-state index < -0.39 is 11.7 Å². The van der Waals surface area contributed by atoms with Crippen molar-refractivity contribution in [3.8, 4) is 0 Å². The second-order valence-corrected chi connectivity index (χ2v) is 5.81. The molecule has 1 aliphatic heterocycles. The van der Waals surface area contributed by atoms with Gasteiger partial charge in [-0.3, -0.25) is 4.98 Å². The van der Waals surface area contributed by atoms with Crippen LogP contribution in [-0.4, -0.2) is 18.1 Å². The predicted octanol–water partition coefficient (Wildman–Crippen LogP) is 3.97. The van der Waals surface area contributed by atoms with Crippen molar-refractivity contribution in [2.75, 3.05) is 13.1 Å². The van der Waals surface area contributed by atoms with Crippen LogP contribution in [0.2, 0.25) is 0 Å². The standard InChI is InChI=1S/C16H17F3N2/c1-10-7-12(9-20-8-10)14-6-5-11-3-2-4-13(15(11)21-14)16(17,18)19/h2-6,10,12,20H,7-9H2,1H3. The number of alkyl halides is 3. The molecule has 1 aromatic carbocycles. The van der Waals surface area contributed by atoms with Gasteiger partial charge in [0.05, 0.1) is 11.1 Å². The Bertz CT molecular complexity index is 652. The van der Waals surface area contributed by atoms with Gasteiger partial charge in [0.25, 0.3) is 0 Å². The number of rotatable bonds is 1. The van der Waals surface area contributed by atoms with Crippen molar-refractivity contribution in [2.24, 2.45) is 5.92 Å². The summed E-state index contributed by atoms with van der Waals surface area (Å²) in [4.78, 5) is 4.34. The fraction of sp³-hybridized carbons (Fsp3) is 0.438. The number of benzene rings is 1. The molecule has 2 atom stereocenters. The maximum absolute atomic E-state index is 13.1. The molecule has 21 heavy (non-hydrogen) atoms. The number of pyridine rings is 1. The molecule has 1 saturated heterocycles. The summed E-state index contributed by atoms with van der Waals surface area (Å²) in [6.07, 6.45) is -3.41. The molecule has 2 nitrogen and oxygen atoms in total. The molecule has 0 spiro atoms. The summed E-state index contributed by atoms with van der Waals surface area (Å²) in [5.74, 6) is 0.693. The predicted molar refractivity (Wildman–Crippen MR) is 76.1 cm³/mol. The maximum atomic E-state index is 13.1. The van der Waals surface area contributed by atoms with Gasteiger partial charge < -0.3 is 5.32 Å². The lowest BCUT2D eigenvalue weighted by Crippen LogP contribution is -2.34. The molecule has 2 aromatic rings. The number of nitrogens with zero attached hydrogens (tertiary/aromatic N) is 1. The van der Waals surface area contributed by atoms with Crippen LogP contribution in [0.5, 0.6) is 0 Å². The van der Waals surface area contributed by atoms with E-state index in [2.05, 4.69) is 17.2 Å². The van der Waals surface area contributed by atoms with Gasteiger partial charge in [0.15, 0.2) is 0 Å². The molecule has 0 bridgehead atoms. The van der Waals surface area contributed by atoms with Gasteiger partial charge in [-0.2, -0.15) is 13.2 Å². The molecule has 1 aliphatic rings. The summed E-state index contributed by atoms with van der Waals surface area (Å²) in [6, 6.07) is 7.79. The van der Waals surface area contributed by atoms with E-state index in [1.165, 1.54) is 6.07 Å². The minimum atomic E-state index is -4.37. The first-order chi connectivity index (χ1) is 9.95. The normalized spacial score (nSPS) is 23.4. The average molecular weight is 294 g/mol. The molecule has 0 amide bonds. The SMILES string of the molecule is CC1CNCC(c2ccc3cccc(C(F)(F)F)c3n2)C1. The summed E-state index contributed by atoms with van der Waals surface area (Å²) in [5.41, 5.74) is 0.151. The van der Waals surface area contributed by atoms with Gasteiger partial charge in [0.1, 0.15) is 0 Å². The maximum Gasteiger partial charge on any atom is 0.418 e. The summed E-state index contributed by atoms with van der Waals surface area (Å²) in [6.45, 7) is 3.87. The summed E-state index contributed by atoms with van der Waals surface area (Å²) < 4.78 is 39.3. The third kappa shape index (κ3) is 2.88. The number of hydrogen-bond donors (Lipinski definition) is 1. The third-order valence-electron chi connectivity index (χ3n) is 4.04. The molecule has 0 radical (unpaired) electrons. The Hall–Kier alpha value is -1.62. The van der Waals surface area contributed by atoms with Crippen molar-refractivity contribution in [1.29, 1.82) is 0 Å². The fourth-order valence-corrected chi connectivity index (χ4v) is 3.00. The van der Waals surface area contributed by atoms with E-state index in [9.17, 15) is 13.2 Å². The highest BCUT2D eigenvalue weighted by molar-refractivity contribution is 5.82. The quantitative estimate of drug-likeness (QED) is 0.861. The minimum absolute atomic E-state index is 0.0562. The van der Waals surface area contributed by atoms with Crippen LogP contribution >= 0.6 is 0 Å². The Morgan fingerprint density at radius 1 is 1.14 bits per heavy atom. The zero-order valence-corrected chi connectivity index (χ0v) is 11.7. The first-order valence-electron chi connectivity index (χ1n) is 7.12. The Balaban J connectivity index is 2.06. The molecule has 5 heteroatoms. The lowest BCUT2D eigenvalue weighted by molar-refractivity contribution is -0.136. The number of aromatic nitrogens is 1. The van der Waals surface area contributed by atoms with Crippen LogP contribution in [0.1, 0.15) is 30.5 Å². The molecule has 0 saturated carbocycles. The van der Waals surface area contributed by atoms with E-state index in [1.54, 1.807) is 12.1 Å². The number of fused-ring (bicyclic) bond motifs is 1. The van der Waals surface area contributed by atoms with Crippen LogP contribution < -0.4 is 5.32 Å². The highest BCUT2D eigenvalue weighted by atomic mass is 19.4. The summed E-state index contributed by atoms with van der Waals surface area (Å²) in [7, 11) is 0. The Morgan fingerprint density at radius 3 is 2.67 bits per heavy atom. The molecule has 1 aromatic heterocycles. The van der Waals surface area contributed by atoms with Crippen LogP contribution in [0, 0.1) is 5.92 Å². The van der Waals surface area contributed by atoms with Gasteiger partial charge in [-0.25, -0.2) is 0 Å². The monoisotopic (exact) mass is 294 g/mol. The molecule has 0 aliphatic carbocycles. The number of piperidine rings is 1. The van der Waals surface area contributed by atoms with E-state index >= 15 is 0 Å². The molecule has 3 rings (SSSR count). The van der Waals surface area contributed by atoms with E-state index in [0.717, 1.165) is 31.3 Å². The molecular weight excluding hydrogens is 277 g/mol. The topological polar surface area (TPSA) is 24.9 Å². The van der Waals surface area contributed by atoms with Crippen molar-refractivity contribution in [2.45, 2.75) is 25.4 Å². The molecular formula is C16H17F3N2. The Labute approximate surface area is 121 Å². The van der Waals surface area contributed by atoms with Gasteiger partial charge in [-0.05, 0) is 31.0 Å². The van der Waals surface area contributed by atoms with Crippen molar-refractivity contribution >= 4 is 10.9 Å². The zero-order valence-electron chi connectivity index (χ0n) is 11.7. The number of para-hydroxylation sites is 1. The van der Waals surface area contributed by atoms with Gasteiger partial charge in [-0.1, -0.05) is 25.1 Å². The fourth-order valence-electron chi connectivity index (χ4n) is 3.00. The van der Waals surface area contributed by atoms with Gasteiger partial charge in [0.2, 0.25) is 0 Å². The highest BCUT2D eigenvalue weighted by Gasteiger charge is 2.33. The second kappa shape index (κ2) is 5.30. The summed E-state index contributed by atoms with van der Waals surface area (Å²) >= 11 is 0. The van der Waals surface area contributed by atoms with Gasteiger partial charge in [0, 0.05) is 23.5 Å². The first kappa shape index (κ1) is 14.3. The van der Waals surface area contributed by atoms with E-state index in [4.69, 9.17) is 0 Å². The molecule has 2 unspecified atom stereocenters. The van der Waals surface area contributed by atoms with Crippen LogP contribution in [0.4, 0.5) is 13.2 Å². The van der Waals surface area contributed by atoms with Crippen LogP contribution in [-0.2, 0) is 6.18 Å². The first-order valence-corrected chi connectivity index (χ1v) is 7.12. The second-order valence-electron chi connectivity index (χ2n) is 5.81. The number of nitrogens with one attached hydrogen (secondary N) is 1. The molecule has 1 N–H and O–H groups in total. The van der Waals surface area contributed by atoms with Crippen LogP contribution in [0.15, 0.2) is 30.3 Å². The Kier molecular flexibility index (Phi) is 3.61. The van der Waals surface area contributed by atoms with Crippen LogP contribution in [0.25, 0.3) is 10.9 Å². The van der Waals surface area contributed by atoms with Crippen molar-refractivity contribution in [3.63, 3.8) is 0 Å². The van der Waals surface area contributed by atoms with Crippen molar-refractivity contribution in [1.82, 2.24) is 10.3 Å². The van der Waals surface area contributed by atoms with E-state index in [0.29, 0.717) is 11.3 Å². The van der Waals surface area contributed by atoms with Gasteiger partial charge in [-0.15, -0.1) is 0 Å². The Morgan fingerprint density at radius 2 is 1.95 bits per heavy atom. The third-order valence-corrected chi connectivity index (χ3v) is 4.04. The molecule has 112 valence electrons. The lowest BCUT2D eigenvalue weighted by atomic mass is 9.89. The lowest BCUT2D eigenvalue weighted by Gasteiger charge is -2.27. The van der Waals surface area contributed by atoms with E-state index in [1.807, 2.05) is 6.07 Å². The van der Waals surface area contributed by atoms with Crippen molar-refractivity contribution in [3.05, 3.63) is 41.6 Å². The summed E-state index contributed by atoms with van der Waals surface area (Å²) in [5, 5.41) is 3.85. The molecule has 2 heterocycles. The average Bonchev–Trinajstić information content (AvgIpc) is 2.45. The minimum Gasteiger partial charge on any atom is -0.316 e. The zero-order chi connectivity index (χ0) is 15.0.